The molecule has 3 aromatic rings. The zero-order valence-electron chi connectivity index (χ0n) is 19.0. The molecule has 0 amide bonds. The quantitative estimate of drug-likeness (QED) is 0.0719. The molecule has 2 aromatic carbocycles. The molecule has 0 radical (unpaired) electrons. The molecule has 0 unspecified atom stereocenters. The van der Waals surface area contributed by atoms with Crippen LogP contribution in [-0.2, 0) is 31.3 Å². The molecule has 14 heteroatoms. The van der Waals surface area contributed by atoms with Gasteiger partial charge in [0, 0.05) is 28.8 Å². The van der Waals surface area contributed by atoms with E-state index in [2.05, 4.69) is 9.37 Å². The van der Waals surface area contributed by atoms with Crippen LogP contribution in [0.15, 0.2) is 56.1 Å². The van der Waals surface area contributed by atoms with Crippen LogP contribution >= 0.6 is 35.1 Å². The number of carboxylic acid groups (broad SMARTS) is 1. The predicted molar refractivity (Wildman–Crippen MR) is 137 cm³/mol. The van der Waals surface area contributed by atoms with E-state index in [4.69, 9.17) is 10.4 Å². The number of unbranched alkanes of at least 4 members (excludes halogenated alkanes) is 2. The van der Waals surface area contributed by atoms with Gasteiger partial charge in [0.25, 0.3) is 15.1 Å². The zero-order valence-corrected chi connectivity index (χ0v) is 22.3. The smallest absolute Gasteiger partial charge is 0.303 e. The molecule has 1 aliphatic rings. The molecule has 3 N–H and O–H groups in total. The van der Waals surface area contributed by atoms with E-state index in [0.717, 1.165) is 42.1 Å². The first-order valence-electron chi connectivity index (χ1n) is 10.7. The van der Waals surface area contributed by atoms with Crippen LogP contribution in [0.3, 0.4) is 0 Å². The average Bonchev–Trinajstić information content (AvgIpc) is 3.33. The third-order valence-corrected chi connectivity index (χ3v) is 9.22. The lowest BCUT2D eigenvalue weighted by Gasteiger charge is -2.20. The van der Waals surface area contributed by atoms with Gasteiger partial charge in [0.15, 0.2) is 0 Å². The van der Waals surface area contributed by atoms with Crippen LogP contribution in [0.5, 0.6) is 0 Å². The van der Waals surface area contributed by atoms with Gasteiger partial charge in [-0.05, 0) is 43.2 Å². The van der Waals surface area contributed by atoms with Crippen LogP contribution in [0, 0.1) is 0 Å². The summed E-state index contributed by atoms with van der Waals surface area (Å²) < 4.78 is 40.6. The summed E-state index contributed by atoms with van der Waals surface area (Å²) in [5.74, 6) is -0.829. The Kier molecular flexibility index (Phi) is 8.57. The van der Waals surface area contributed by atoms with Crippen molar-refractivity contribution in [1.29, 1.82) is 0 Å². The van der Waals surface area contributed by atoms with Gasteiger partial charge >= 0.3 is 5.97 Å². The Morgan fingerprint density at radius 2 is 2.00 bits per heavy atom. The third kappa shape index (κ3) is 6.20. The van der Waals surface area contributed by atoms with Crippen molar-refractivity contribution in [1.82, 2.24) is 0 Å². The highest BCUT2D eigenvalue weighted by Crippen LogP contribution is 2.48. The van der Waals surface area contributed by atoms with Gasteiger partial charge in [0.1, 0.15) is 11.7 Å². The van der Waals surface area contributed by atoms with Crippen LogP contribution in [0.4, 0.5) is 5.69 Å². The number of aromatic nitrogens is 1. The van der Waals surface area contributed by atoms with Crippen molar-refractivity contribution < 1.29 is 42.1 Å². The van der Waals surface area contributed by atoms with E-state index in [-0.39, 0.29) is 11.3 Å². The first-order valence-corrected chi connectivity index (χ1v) is 14.6. The second kappa shape index (κ2) is 11.5. The number of rotatable bonds is 11. The van der Waals surface area contributed by atoms with Crippen LogP contribution in [0.2, 0.25) is 0 Å². The molecule has 4 rings (SSSR count). The minimum Gasteiger partial charge on any atom is -0.481 e. The maximum atomic E-state index is 11.7. The number of hydrogen-bond acceptors (Lipinski definition) is 10. The highest BCUT2D eigenvalue weighted by atomic mass is 32.2. The number of carbonyl (C=O) groups is 1. The van der Waals surface area contributed by atoms with Crippen molar-refractivity contribution in [3.05, 3.63) is 46.4 Å². The standard InChI is InChI=1S/C22H22N2O8S4/c1-23-16-11-14(35-32-31-27)6-8-18(16)33-20(23)13-21-24(10-4-2-3-5-22(25)26)17-12-15(36(28,29)30)7-9-19(17)34-21/h6-9,11-13H,2-5,10H2,1H3,(H2-,25,26,27,28,29,30)/p+1. The maximum Gasteiger partial charge on any atom is 0.303 e. The van der Waals surface area contributed by atoms with Gasteiger partial charge in [-0.3, -0.25) is 9.35 Å². The molecular formula is C22H23N2O8S4+. The molecule has 1 aliphatic heterocycles. The van der Waals surface area contributed by atoms with E-state index in [9.17, 15) is 17.8 Å². The van der Waals surface area contributed by atoms with Gasteiger partial charge in [0.05, 0.1) is 33.7 Å². The number of aryl methyl sites for hydroxylation is 1. The molecule has 0 spiro atoms. The summed E-state index contributed by atoms with van der Waals surface area (Å²) in [5, 5.41) is 22.8. The molecule has 10 nitrogen and oxygen atoms in total. The molecule has 0 bridgehead atoms. The second-order valence-corrected chi connectivity index (χ2v) is 12.2. The lowest BCUT2D eigenvalue weighted by Crippen LogP contribution is -2.29. The van der Waals surface area contributed by atoms with E-state index in [0.29, 0.717) is 31.5 Å². The first-order chi connectivity index (χ1) is 17.2. The van der Waals surface area contributed by atoms with Gasteiger partial charge in [-0.1, -0.05) is 34.6 Å². The summed E-state index contributed by atoms with van der Waals surface area (Å²) in [6, 6.07) is 10.2. The number of anilines is 1. The third-order valence-electron chi connectivity index (χ3n) is 5.52. The summed E-state index contributed by atoms with van der Waals surface area (Å²) in [6.07, 6.45) is 4.12. The molecule has 192 valence electrons. The number of aliphatic carboxylic acids is 1. The molecule has 36 heavy (non-hydrogen) atoms. The summed E-state index contributed by atoms with van der Waals surface area (Å²) in [4.78, 5) is 14.3. The van der Waals surface area contributed by atoms with Gasteiger partial charge in [-0.15, -0.1) is 4.33 Å². The Balaban J connectivity index is 1.66. The lowest BCUT2D eigenvalue weighted by atomic mass is 10.2. The molecule has 0 saturated heterocycles. The van der Waals surface area contributed by atoms with Crippen molar-refractivity contribution in [3.8, 4) is 0 Å². The normalized spacial score (nSPS) is 14.6. The first kappa shape index (κ1) is 26.9. The Labute approximate surface area is 220 Å². The molecule has 2 heterocycles. The Hall–Kier alpha value is -2.17. The van der Waals surface area contributed by atoms with Crippen molar-refractivity contribution in [2.24, 2.45) is 7.05 Å². The largest absolute Gasteiger partial charge is 0.481 e. The van der Waals surface area contributed by atoms with Crippen molar-refractivity contribution in [2.45, 2.75) is 40.4 Å². The van der Waals surface area contributed by atoms with Crippen molar-refractivity contribution >= 4 is 73.2 Å². The fourth-order valence-electron chi connectivity index (χ4n) is 3.79. The van der Waals surface area contributed by atoms with Gasteiger partial charge in [-0.25, -0.2) is 5.26 Å². The topological polar surface area (TPSA) is 137 Å². The Morgan fingerprint density at radius 1 is 1.19 bits per heavy atom. The fraction of sp³-hybridized carbons (Fsp3) is 0.273. The number of carboxylic acids is 1. The molecule has 0 saturated carbocycles. The van der Waals surface area contributed by atoms with E-state index >= 15 is 0 Å². The molecule has 1 aromatic heterocycles. The van der Waals surface area contributed by atoms with E-state index in [1.807, 2.05) is 40.8 Å². The molecular weight excluding hydrogens is 549 g/mol. The zero-order chi connectivity index (χ0) is 25.9. The van der Waals surface area contributed by atoms with Gasteiger partial charge in [0.2, 0.25) is 5.52 Å². The number of fused-ring (bicyclic) bond motifs is 2. The van der Waals surface area contributed by atoms with Crippen LogP contribution in [0.25, 0.3) is 16.3 Å². The molecule has 0 aliphatic carbocycles. The van der Waals surface area contributed by atoms with Crippen LogP contribution in [0.1, 0.15) is 30.7 Å². The summed E-state index contributed by atoms with van der Waals surface area (Å²) >= 11 is 3.96. The maximum absolute atomic E-state index is 11.7. The Morgan fingerprint density at radius 3 is 2.72 bits per heavy atom. The minimum absolute atomic E-state index is 0.105. The predicted octanol–water partition coefficient (Wildman–Crippen LogP) is 4.96. The summed E-state index contributed by atoms with van der Waals surface area (Å²) in [5.41, 5.74) is 1.64. The second-order valence-electron chi connectivity index (χ2n) is 7.90. The van der Waals surface area contributed by atoms with E-state index in [1.165, 1.54) is 23.9 Å². The van der Waals surface area contributed by atoms with Crippen molar-refractivity contribution in [3.63, 3.8) is 0 Å². The summed E-state index contributed by atoms with van der Waals surface area (Å²) in [7, 11) is -2.42. The fourth-order valence-corrected chi connectivity index (χ4v) is 6.93. The number of thioether (sulfide) groups is 1. The van der Waals surface area contributed by atoms with Gasteiger partial charge < -0.3 is 10.0 Å². The number of benzene rings is 2. The summed E-state index contributed by atoms with van der Waals surface area (Å²) in [6.45, 7) is 0.564. The monoisotopic (exact) mass is 571 g/mol. The van der Waals surface area contributed by atoms with E-state index < -0.39 is 16.1 Å². The average molecular weight is 572 g/mol. The Bertz CT molecular complexity index is 1420. The highest BCUT2D eigenvalue weighted by molar-refractivity contribution is 8.04. The van der Waals surface area contributed by atoms with Gasteiger partial charge in [-0.2, -0.15) is 13.0 Å². The number of nitrogens with zero attached hydrogens (tertiary/aromatic N) is 2. The number of hydrogen-bond donors (Lipinski definition) is 3. The van der Waals surface area contributed by atoms with E-state index in [1.54, 1.807) is 17.4 Å². The SMILES string of the molecule is C[n+]1c(C=C2Sc3ccc(S(=O)(=O)O)cc3N2CCCCCC(=O)O)sc2ccc(SOOO)cc21. The van der Waals surface area contributed by atoms with Crippen LogP contribution in [-0.4, -0.2) is 35.8 Å². The molecule has 0 fully saturated rings. The molecule has 0 atom stereocenters. The lowest BCUT2D eigenvalue weighted by molar-refractivity contribution is -0.642. The minimum atomic E-state index is -4.36. The number of thiazole rings is 1. The highest BCUT2D eigenvalue weighted by Gasteiger charge is 2.29. The van der Waals surface area contributed by atoms with Crippen LogP contribution < -0.4 is 9.47 Å². The van der Waals surface area contributed by atoms with Crippen molar-refractivity contribution in [2.75, 3.05) is 11.4 Å².